The molecular weight excluding hydrogens is 778 g/mol. The van der Waals surface area contributed by atoms with Crippen molar-refractivity contribution in [2.45, 2.75) is 68.7 Å². The minimum atomic E-state index is -0.887. The number of aromatic amines is 1. The number of aromatic hydroxyl groups is 1. The van der Waals surface area contributed by atoms with E-state index in [9.17, 15) is 24.6 Å². The van der Waals surface area contributed by atoms with Gasteiger partial charge in [0.15, 0.2) is 0 Å². The number of benzene rings is 4. The van der Waals surface area contributed by atoms with E-state index in [0.717, 1.165) is 44.1 Å². The molecule has 5 aromatic rings. The fourth-order valence-corrected chi connectivity index (χ4v) is 9.08. The average Bonchev–Trinajstić information content (AvgIpc) is 3.94. The summed E-state index contributed by atoms with van der Waals surface area (Å²) in [5.74, 6) is -0.210. The number of carbonyl (C=O) groups is 2. The number of H-pyrrole nitrogens is 1. The van der Waals surface area contributed by atoms with Crippen LogP contribution in [0.25, 0.3) is 22.0 Å². The lowest BCUT2D eigenvalue weighted by atomic mass is 9.96. The molecule has 290 valence electrons. The summed E-state index contributed by atoms with van der Waals surface area (Å²) in [6.07, 6.45) is 1.28. The van der Waals surface area contributed by atoms with Crippen LogP contribution in [0.2, 0.25) is 0 Å². The molecule has 3 aliphatic rings. The topological polar surface area (TPSA) is 165 Å². The summed E-state index contributed by atoms with van der Waals surface area (Å²) in [5.41, 5.74) is 5.46. The Morgan fingerprint density at radius 1 is 0.964 bits per heavy atom. The van der Waals surface area contributed by atoms with E-state index < -0.39 is 12.2 Å². The molecule has 13 heteroatoms. The van der Waals surface area contributed by atoms with E-state index in [-0.39, 0.29) is 54.0 Å². The van der Waals surface area contributed by atoms with Gasteiger partial charge in [-0.3, -0.25) is 14.9 Å². The van der Waals surface area contributed by atoms with Gasteiger partial charge in [-0.2, -0.15) is 0 Å². The highest BCUT2D eigenvalue weighted by molar-refractivity contribution is 9.10. The van der Waals surface area contributed by atoms with Crippen LogP contribution in [0, 0.1) is 0 Å². The number of nitrogens with one attached hydrogen (secondary N) is 4. The molecule has 4 heterocycles. The third-order valence-electron chi connectivity index (χ3n) is 11.6. The van der Waals surface area contributed by atoms with Crippen molar-refractivity contribution in [3.8, 4) is 16.9 Å². The maximum absolute atomic E-state index is 13.3. The van der Waals surface area contributed by atoms with Gasteiger partial charge in [-0.15, -0.1) is 0 Å². The van der Waals surface area contributed by atoms with Crippen molar-refractivity contribution in [2.75, 3.05) is 31.3 Å². The Morgan fingerprint density at radius 2 is 1.73 bits per heavy atom. The second-order valence-electron chi connectivity index (χ2n) is 15.5. The van der Waals surface area contributed by atoms with Crippen LogP contribution in [0.1, 0.15) is 42.1 Å². The van der Waals surface area contributed by atoms with E-state index in [1.54, 1.807) is 12.1 Å². The van der Waals surface area contributed by atoms with Crippen LogP contribution >= 0.6 is 15.9 Å². The van der Waals surface area contributed by atoms with Crippen molar-refractivity contribution in [2.24, 2.45) is 0 Å². The summed E-state index contributed by atoms with van der Waals surface area (Å²) in [6, 6.07) is 28.0. The maximum atomic E-state index is 13.3. The maximum Gasteiger partial charge on any atom is 0.411 e. The fraction of sp³-hybridized carbons (Fsp3) is 0.326. The largest absolute Gasteiger partial charge is 0.506 e. The number of nitrogens with zero attached hydrogens (tertiary/aromatic N) is 1. The number of ether oxygens (including phenoxy) is 2. The van der Waals surface area contributed by atoms with Gasteiger partial charge < -0.3 is 39.8 Å². The summed E-state index contributed by atoms with van der Waals surface area (Å²) in [6.45, 7) is 0.668. The van der Waals surface area contributed by atoms with Gasteiger partial charge in [-0.05, 0) is 59.0 Å². The number of halogens is 1. The normalized spacial score (nSPS) is 22.2. The van der Waals surface area contributed by atoms with Crippen LogP contribution in [0.15, 0.2) is 100 Å². The second kappa shape index (κ2) is 15.5. The zero-order valence-electron chi connectivity index (χ0n) is 31.1. The van der Waals surface area contributed by atoms with Crippen molar-refractivity contribution < 1.29 is 33.8 Å². The molecule has 6 atom stereocenters. The number of aryl methyl sites for hydroxylation is 1. The van der Waals surface area contributed by atoms with Crippen LogP contribution in [0.4, 0.5) is 16.2 Å². The molecule has 0 saturated carbocycles. The zero-order chi connectivity index (χ0) is 39.1. The number of amides is 2. The molecule has 56 heavy (non-hydrogen) atoms. The Morgan fingerprint density at radius 3 is 2.48 bits per heavy atom. The van der Waals surface area contributed by atoms with Gasteiger partial charge in [-0.1, -0.05) is 70.5 Å². The number of fused-ring (bicyclic) bond motifs is 6. The van der Waals surface area contributed by atoms with E-state index in [2.05, 4.69) is 51.0 Å². The third kappa shape index (κ3) is 7.82. The summed E-state index contributed by atoms with van der Waals surface area (Å²) < 4.78 is 13.6. The van der Waals surface area contributed by atoms with Gasteiger partial charge in [0, 0.05) is 59.5 Å². The van der Waals surface area contributed by atoms with Crippen molar-refractivity contribution in [3.05, 3.63) is 123 Å². The summed E-state index contributed by atoms with van der Waals surface area (Å²) in [5, 5.41) is 30.9. The van der Waals surface area contributed by atoms with Crippen LogP contribution < -0.4 is 21.5 Å². The molecule has 6 N–H and O–H groups in total. The minimum Gasteiger partial charge on any atom is -0.506 e. The van der Waals surface area contributed by atoms with E-state index in [4.69, 9.17) is 9.47 Å². The van der Waals surface area contributed by atoms with Crippen molar-refractivity contribution >= 4 is 50.2 Å². The minimum absolute atomic E-state index is 0.0620. The van der Waals surface area contributed by atoms with E-state index >= 15 is 0 Å². The number of pyridine rings is 1. The number of hydrogen-bond donors (Lipinski definition) is 6. The molecule has 3 fully saturated rings. The Hall–Kier alpha value is -5.05. The number of anilines is 2. The Bertz CT molecular complexity index is 2330. The molecule has 4 aromatic carbocycles. The molecule has 0 radical (unpaired) electrons. The third-order valence-corrected chi connectivity index (χ3v) is 12.4. The number of morpholine rings is 1. The molecule has 8 rings (SSSR count). The molecule has 3 saturated heterocycles. The van der Waals surface area contributed by atoms with Crippen LogP contribution in [0.3, 0.4) is 0 Å². The molecule has 1 aromatic heterocycles. The SMILES string of the molecule is C[N+]1(C)[C@@H]2CC(OC(=O)Nc3cc(CCC(=O)Nc4ccc(CNC[C@H](O)c5ccc(O)c6[nH]c(=O)ccc56)c(Br)c4)ccc3-c3ccccc3)C[C@H]1[C@@H]1O[C@@H]12. The summed E-state index contributed by atoms with van der Waals surface area (Å²) >= 11 is 3.61. The first-order chi connectivity index (χ1) is 26.9. The number of hydrogen-bond acceptors (Lipinski definition) is 8. The van der Waals surface area contributed by atoms with Crippen molar-refractivity contribution in [1.29, 1.82) is 0 Å². The molecule has 2 amide bonds. The number of phenols is 1. The fourth-order valence-electron chi connectivity index (χ4n) is 8.56. The predicted octanol–water partition coefficient (Wildman–Crippen LogP) is 6.36. The first-order valence-corrected chi connectivity index (χ1v) is 19.7. The lowest BCUT2D eigenvalue weighted by molar-refractivity contribution is -0.938. The van der Waals surface area contributed by atoms with Crippen LogP contribution in [-0.2, 0) is 27.2 Å². The predicted molar refractivity (Wildman–Crippen MR) is 217 cm³/mol. The molecule has 0 aliphatic carbocycles. The van der Waals surface area contributed by atoms with Gasteiger partial charge >= 0.3 is 6.09 Å². The highest BCUT2D eigenvalue weighted by Crippen LogP contribution is 2.51. The molecule has 0 spiro atoms. The Labute approximate surface area is 332 Å². The average molecular weight is 824 g/mol. The number of epoxide rings is 1. The highest BCUT2D eigenvalue weighted by atomic mass is 79.9. The van der Waals surface area contributed by atoms with Crippen LogP contribution in [-0.4, -0.2) is 82.7 Å². The smallest absolute Gasteiger partial charge is 0.411 e. The molecule has 12 nitrogen and oxygen atoms in total. The number of likely N-dealkylation sites (N-methyl/N-ethyl adjacent to an activating group) is 1. The van der Waals surface area contributed by atoms with Crippen LogP contribution in [0.5, 0.6) is 5.75 Å². The lowest BCUT2D eigenvalue weighted by Crippen LogP contribution is -2.60. The molecular formula is C43H45BrN5O7+. The van der Waals surface area contributed by atoms with Gasteiger partial charge in [0.05, 0.1) is 31.4 Å². The quantitative estimate of drug-likeness (QED) is 0.0625. The van der Waals surface area contributed by atoms with Gasteiger partial charge in [0.1, 0.15) is 36.1 Å². The van der Waals surface area contributed by atoms with Gasteiger partial charge in [-0.25, -0.2) is 4.79 Å². The Kier molecular flexibility index (Phi) is 10.5. The standard InChI is InChI=1S/C43H44BrN5O7/c1-49(2)34-20-28(21-35(49)42-41(34)56-42)55-43(54)47-33-18-24(8-12-29(33)25-6-4-3-5-7-25)9-16-38(52)46-27-11-10-26(32(44)19-27)22-45-23-37(51)30-13-15-36(50)40-31(30)14-17-39(53)48-40/h3-8,10-15,17-19,28,34-35,37,41-42,45,51H,9,16,20-23H2,1-2H3,(H3-,46,47,48,50,52,53,54)/p+1/t28?,34-,35+,37-,41-,42+/m0/s1. The van der Waals surface area contributed by atoms with Gasteiger partial charge in [0.25, 0.3) is 0 Å². The highest BCUT2D eigenvalue weighted by Gasteiger charge is 2.70. The van der Waals surface area contributed by atoms with Gasteiger partial charge in [0.2, 0.25) is 11.5 Å². The first-order valence-electron chi connectivity index (χ1n) is 18.9. The molecule has 2 bridgehead atoms. The number of rotatable bonds is 12. The van der Waals surface area contributed by atoms with E-state index in [0.29, 0.717) is 47.4 Å². The number of aliphatic hydroxyl groups excluding tert-OH is 1. The zero-order valence-corrected chi connectivity index (χ0v) is 32.7. The number of carbonyl (C=O) groups excluding carboxylic acids is 2. The number of piperidine rings is 1. The number of quaternary nitrogens is 1. The summed E-state index contributed by atoms with van der Waals surface area (Å²) in [7, 11) is 4.50. The number of aliphatic hydroxyl groups is 1. The molecule has 1 unspecified atom stereocenters. The first kappa shape index (κ1) is 37.9. The van der Waals surface area contributed by atoms with Crippen molar-refractivity contribution in [3.63, 3.8) is 0 Å². The molecule has 3 aliphatic heterocycles. The van der Waals surface area contributed by atoms with E-state index in [1.807, 2.05) is 66.7 Å². The summed E-state index contributed by atoms with van der Waals surface area (Å²) in [4.78, 5) is 40.8. The lowest BCUT2D eigenvalue weighted by Gasteiger charge is -2.45. The number of phenolic OH excluding ortho intramolecular Hbond substituents is 1. The second-order valence-corrected chi connectivity index (χ2v) is 16.3. The van der Waals surface area contributed by atoms with E-state index in [1.165, 1.54) is 12.1 Å². The Balaban J connectivity index is 0.855. The van der Waals surface area contributed by atoms with Crippen molar-refractivity contribution in [1.82, 2.24) is 10.3 Å². The monoisotopic (exact) mass is 822 g/mol. The number of aromatic nitrogens is 1.